The molecule has 17 heavy (non-hydrogen) atoms. The van der Waals surface area contributed by atoms with Gasteiger partial charge in [-0.25, -0.2) is 0 Å². The monoisotopic (exact) mass is 250 g/mol. The van der Waals surface area contributed by atoms with Crippen LogP contribution in [0.25, 0.3) is 0 Å². The highest BCUT2D eigenvalue weighted by atomic mass is 35.5. The van der Waals surface area contributed by atoms with Crippen LogP contribution in [0.3, 0.4) is 0 Å². The number of aliphatic hydroxyl groups excluding tert-OH is 1. The molecule has 0 aliphatic carbocycles. The molecule has 1 aromatic rings. The third kappa shape index (κ3) is 5.77. The average Bonchev–Trinajstić information content (AvgIpc) is 2.33. The first-order valence-corrected chi connectivity index (χ1v) is 6.53. The van der Waals surface area contributed by atoms with Gasteiger partial charge < -0.3 is 5.11 Å². The third-order valence-electron chi connectivity index (χ3n) is 2.56. The fraction of sp³-hybridized carbons (Fsp3) is 0.467. The quantitative estimate of drug-likeness (QED) is 0.609. The van der Waals surface area contributed by atoms with E-state index in [1.807, 2.05) is 12.1 Å². The summed E-state index contributed by atoms with van der Waals surface area (Å²) in [7, 11) is 0. The molecule has 2 heteroatoms. The normalized spacial score (nSPS) is 11.7. The van der Waals surface area contributed by atoms with Gasteiger partial charge in [-0.1, -0.05) is 55.8 Å². The summed E-state index contributed by atoms with van der Waals surface area (Å²) >= 11 is 5.85. The fourth-order valence-electron chi connectivity index (χ4n) is 1.57. The lowest BCUT2D eigenvalue weighted by Gasteiger charge is -2.03. The lowest BCUT2D eigenvalue weighted by molar-refractivity contribution is 0.238. The van der Waals surface area contributed by atoms with Gasteiger partial charge in [-0.05, 0) is 24.1 Å². The second kappa shape index (κ2) is 8.17. The van der Waals surface area contributed by atoms with Gasteiger partial charge in [-0.3, -0.25) is 0 Å². The van der Waals surface area contributed by atoms with E-state index in [4.69, 9.17) is 11.6 Å². The van der Waals surface area contributed by atoms with Gasteiger partial charge in [-0.2, -0.15) is 0 Å². The van der Waals surface area contributed by atoms with Crippen LogP contribution in [-0.4, -0.2) is 5.11 Å². The lowest BCUT2D eigenvalue weighted by atomic mass is 10.1. The van der Waals surface area contributed by atoms with Crippen molar-refractivity contribution in [2.45, 2.75) is 45.1 Å². The maximum Gasteiger partial charge on any atom is 0.140 e. The standard InChI is InChI=1S/C15H19ClO/c1-2-3-4-5-6-7-11-15(17)13-9-8-10-14(16)12-13/h8-10,12,15,17H,2-6H2,1H3. The van der Waals surface area contributed by atoms with E-state index < -0.39 is 6.10 Å². The van der Waals surface area contributed by atoms with E-state index in [9.17, 15) is 5.11 Å². The van der Waals surface area contributed by atoms with Crippen molar-refractivity contribution in [2.24, 2.45) is 0 Å². The number of rotatable bonds is 5. The second-order valence-electron chi connectivity index (χ2n) is 4.09. The van der Waals surface area contributed by atoms with Crippen LogP contribution in [0.2, 0.25) is 5.02 Å². The Hall–Kier alpha value is -0.970. The molecular formula is C15H19ClO. The van der Waals surface area contributed by atoms with Crippen molar-refractivity contribution in [2.75, 3.05) is 0 Å². The SMILES string of the molecule is CCCCCCC#CC(O)c1cccc(Cl)c1. The number of benzene rings is 1. The van der Waals surface area contributed by atoms with E-state index in [1.165, 1.54) is 19.3 Å². The molecular weight excluding hydrogens is 232 g/mol. The van der Waals surface area contributed by atoms with Crippen LogP contribution < -0.4 is 0 Å². The van der Waals surface area contributed by atoms with Gasteiger partial charge in [-0.15, -0.1) is 5.92 Å². The van der Waals surface area contributed by atoms with Crippen LogP contribution in [0.5, 0.6) is 0 Å². The number of hydrogen-bond donors (Lipinski definition) is 1. The van der Waals surface area contributed by atoms with Gasteiger partial charge in [0.15, 0.2) is 0 Å². The smallest absolute Gasteiger partial charge is 0.140 e. The van der Waals surface area contributed by atoms with Crippen molar-refractivity contribution in [1.29, 1.82) is 0 Å². The molecule has 0 aromatic heterocycles. The molecule has 0 radical (unpaired) electrons. The zero-order chi connectivity index (χ0) is 12.5. The Kier molecular flexibility index (Phi) is 6.77. The van der Waals surface area contributed by atoms with E-state index in [2.05, 4.69) is 18.8 Å². The summed E-state index contributed by atoms with van der Waals surface area (Å²) in [6.45, 7) is 2.19. The summed E-state index contributed by atoms with van der Waals surface area (Å²) < 4.78 is 0. The van der Waals surface area contributed by atoms with Crippen LogP contribution in [0.1, 0.15) is 50.7 Å². The van der Waals surface area contributed by atoms with Crippen molar-refractivity contribution < 1.29 is 5.11 Å². The van der Waals surface area contributed by atoms with Gasteiger partial charge in [0.25, 0.3) is 0 Å². The highest BCUT2D eigenvalue weighted by molar-refractivity contribution is 6.30. The molecule has 0 heterocycles. The predicted octanol–water partition coefficient (Wildman–Crippen LogP) is 4.35. The predicted molar refractivity (Wildman–Crippen MR) is 72.9 cm³/mol. The van der Waals surface area contributed by atoms with Crippen LogP contribution in [0.15, 0.2) is 24.3 Å². The Morgan fingerprint density at radius 3 is 2.82 bits per heavy atom. The molecule has 1 N–H and O–H groups in total. The van der Waals surface area contributed by atoms with Gasteiger partial charge in [0.05, 0.1) is 0 Å². The molecule has 0 amide bonds. The molecule has 1 atom stereocenters. The largest absolute Gasteiger partial charge is 0.376 e. The number of aliphatic hydroxyl groups is 1. The first kappa shape index (κ1) is 14.1. The summed E-state index contributed by atoms with van der Waals surface area (Å²) in [5.41, 5.74) is 0.763. The Morgan fingerprint density at radius 2 is 2.12 bits per heavy atom. The minimum atomic E-state index is -0.722. The van der Waals surface area contributed by atoms with E-state index in [1.54, 1.807) is 12.1 Å². The molecule has 0 saturated carbocycles. The summed E-state index contributed by atoms with van der Waals surface area (Å²) in [6, 6.07) is 7.19. The van der Waals surface area contributed by atoms with Crippen molar-refractivity contribution >= 4 is 11.6 Å². The molecule has 0 aliphatic heterocycles. The summed E-state index contributed by atoms with van der Waals surface area (Å²) in [5.74, 6) is 5.87. The molecule has 1 aromatic carbocycles. The van der Waals surface area contributed by atoms with Crippen LogP contribution in [-0.2, 0) is 0 Å². The maximum absolute atomic E-state index is 9.82. The highest BCUT2D eigenvalue weighted by Crippen LogP contribution is 2.16. The summed E-state index contributed by atoms with van der Waals surface area (Å²) in [6.07, 6.45) is 4.97. The number of unbranched alkanes of at least 4 members (excludes halogenated alkanes) is 4. The summed E-state index contributed by atoms with van der Waals surface area (Å²) in [5, 5.41) is 10.4. The molecule has 0 bridgehead atoms. The minimum Gasteiger partial charge on any atom is -0.376 e. The Morgan fingerprint density at radius 1 is 1.29 bits per heavy atom. The Balaban J connectivity index is 2.38. The molecule has 0 fully saturated rings. The first-order valence-electron chi connectivity index (χ1n) is 6.16. The third-order valence-corrected chi connectivity index (χ3v) is 2.79. The van der Waals surface area contributed by atoms with Gasteiger partial charge >= 0.3 is 0 Å². The van der Waals surface area contributed by atoms with Crippen LogP contribution in [0.4, 0.5) is 0 Å². The molecule has 1 nitrogen and oxygen atoms in total. The highest BCUT2D eigenvalue weighted by Gasteiger charge is 2.02. The fourth-order valence-corrected chi connectivity index (χ4v) is 1.77. The van der Waals surface area contributed by atoms with E-state index in [-0.39, 0.29) is 0 Å². The molecule has 92 valence electrons. The summed E-state index contributed by atoms with van der Waals surface area (Å²) in [4.78, 5) is 0. The first-order chi connectivity index (χ1) is 8.24. The zero-order valence-corrected chi connectivity index (χ0v) is 11.0. The van der Waals surface area contributed by atoms with Crippen molar-refractivity contribution in [3.8, 4) is 11.8 Å². The van der Waals surface area contributed by atoms with Gasteiger partial charge in [0, 0.05) is 11.4 Å². The minimum absolute atomic E-state index is 0.631. The number of halogens is 1. The van der Waals surface area contributed by atoms with Crippen LogP contribution >= 0.6 is 11.6 Å². The second-order valence-corrected chi connectivity index (χ2v) is 4.53. The number of hydrogen-bond acceptors (Lipinski definition) is 1. The van der Waals surface area contributed by atoms with E-state index in [0.717, 1.165) is 18.4 Å². The molecule has 0 saturated heterocycles. The average molecular weight is 251 g/mol. The van der Waals surface area contributed by atoms with Crippen molar-refractivity contribution in [3.63, 3.8) is 0 Å². The van der Waals surface area contributed by atoms with E-state index >= 15 is 0 Å². The Labute approximate surface area is 109 Å². The Bertz CT molecular complexity index is 389. The zero-order valence-electron chi connectivity index (χ0n) is 10.2. The van der Waals surface area contributed by atoms with Gasteiger partial charge in [0.2, 0.25) is 0 Å². The molecule has 0 aliphatic rings. The van der Waals surface area contributed by atoms with Crippen molar-refractivity contribution in [3.05, 3.63) is 34.9 Å². The topological polar surface area (TPSA) is 20.2 Å². The molecule has 1 unspecified atom stereocenters. The van der Waals surface area contributed by atoms with E-state index in [0.29, 0.717) is 5.02 Å². The lowest BCUT2D eigenvalue weighted by Crippen LogP contribution is -1.93. The maximum atomic E-state index is 9.82. The molecule has 1 rings (SSSR count). The molecule has 0 spiro atoms. The van der Waals surface area contributed by atoms with Crippen LogP contribution in [0, 0.1) is 11.8 Å². The van der Waals surface area contributed by atoms with Crippen molar-refractivity contribution in [1.82, 2.24) is 0 Å². The van der Waals surface area contributed by atoms with Gasteiger partial charge in [0.1, 0.15) is 6.10 Å².